The van der Waals surface area contributed by atoms with Gasteiger partial charge in [-0.2, -0.15) is 0 Å². The highest BCUT2D eigenvalue weighted by Gasteiger charge is 2.49. The first-order valence-electron chi connectivity index (χ1n) is 10.0. The quantitative estimate of drug-likeness (QED) is 0.328. The molecule has 0 aromatic heterocycles. The molecule has 0 atom stereocenters. The van der Waals surface area contributed by atoms with Gasteiger partial charge in [-0.25, -0.2) is 0 Å². The van der Waals surface area contributed by atoms with Crippen LogP contribution in [0.25, 0.3) is 11.1 Å². The summed E-state index contributed by atoms with van der Waals surface area (Å²) >= 11 is 0. The molecule has 5 N–H and O–H groups in total. The predicted molar refractivity (Wildman–Crippen MR) is 122 cm³/mol. The zero-order valence-electron chi connectivity index (χ0n) is 16.8. The molecule has 0 saturated carbocycles. The summed E-state index contributed by atoms with van der Waals surface area (Å²) in [6.07, 6.45) is 0. The van der Waals surface area contributed by atoms with Crippen LogP contribution in [-0.4, -0.2) is 5.11 Å². The Bertz CT molecular complexity index is 1190. The highest BCUT2D eigenvalue weighted by Crippen LogP contribution is 2.51. The van der Waals surface area contributed by atoms with E-state index in [1.807, 2.05) is 66.7 Å². The number of fused-ring (bicyclic) bond motifs is 3. The first kappa shape index (κ1) is 19.0. The van der Waals surface area contributed by atoms with Gasteiger partial charge in [0.25, 0.3) is 0 Å². The van der Waals surface area contributed by atoms with E-state index >= 15 is 0 Å². The maximum atomic E-state index is 10.0. The van der Waals surface area contributed by atoms with Crippen molar-refractivity contribution >= 4 is 11.4 Å². The molecule has 5 rings (SSSR count). The molecule has 0 bridgehead atoms. The largest absolute Gasteiger partial charge is 0.444 e. The molecule has 5 heteroatoms. The molecule has 4 aromatic carbocycles. The Hall–Kier alpha value is -3.96. The minimum Gasteiger partial charge on any atom is -0.444 e. The zero-order chi connectivity index (χ0) is 21.4. The van der Waals surface area contributed by atoms with Crippen LogP contribution in [0, 0.1) is 0 Å². The molecule has 1 aliphatic carbocycles. The lowest BCUT2D eigenvalue weighted by molar-refractivity contribution is -0.0806. The number of ether oxygens (including phenoxy) is 2. The SMILES string of the molecule is Nc1ccc(OC2(Oc3ccc(N)cc3)c3ccccc3-c3c(CO)cccc32)cc1. The monoisotopic (exact) mass is 410 g/mol. The number of hydrogen-bond donors (Lipinski definition) is 3. The predicted octanol–water partition coefficient (Wildman–Crippen LogP) is 4.68. The fourth-order valence-electron chi connectivity index (χ4n) is 4.10. The van der Waals surface area contributed by atoms with Crippen molar-refractivity contribution in [3.8, 4) is 22.6 Å². The van der Waals surface area contributed by atoms with Gasteiger partial charge in [-0.15, -0.1) is 0 Å². The van der Waals surface area contributed by atoms with Crippen molar-refractivity contribution in [1.29, 1.82) is 0 Å². The maximum absolute atomic E-state index is 10.0. The second-order valence-electron chi connectivity index (χ2n) is 7.50. The smallest absolute Gasteiger partial charge is 0.306 e. The van der Waals surface area contributed by atoms with Crippen LogP contribution in [-0.2, 0) is 12.4 Å². The molecule has 1 aliphatic rings. The number of nitrogens with two attached hydrogens (primary N) is 2. The lowest BCUT2D eigenvalue weighted by Crippen LogP contribution is -2.39. The summed E-state index contributed by atoms with van der Waals surface area (Å²) in [5, 5.41) is 10.0. The number of anilines is 2. The molecule has 4 aromatic rings. The fourth-order valence-corrected chi connectivity index (χ4v) is 4.10. The first-order valence-corrected chi connectivity index (χ1v) is 10.0. The molecule has 0 radical (unpaired) electrons. The third kappa shape index (κ3) is 3.16. The molecule has 0 heterocycles. The number of aliphatic hydroxyl groups is 1. The van der Waals surface area contributed by atoms with Crippen molar-refractivity contribution in [2.45, 2.75) is 12.4 Å². The fraction of sp³-hybridized carbons (Fsp3) is 0.0769. The minimum atomic E-state index is -1.25. The van der Waals surface area contributed by atoms with Crippen molar-refractivity contribution in [3.63, 3.8) is 0 Å². The van der Waals surface area contributed by atoms with Gasteiger partial charge in [0.2, 0.25) is 0 Å². The van der Waals surface area contributed by atoms with Gasteiger partial charge in [-0.3, -0.25) is 0 Å². The van der Waals surface area contributed by atoms with Crippen LogP contribution in [0.2, 0.25) is 0 Å². The second kappa shape index (κ2) is 7.38. The normalized spacial score (nSPS) is 13.3. The van der Waals surface area contributed by atoms with E-state index in [0.717, 1.165) is 27.8 Å². The minimum absolute atomic E-state index is 0.0860. The van der Waals surface area contributed by atoms with Crippen LogP contribution < -0.4 is 20.9 Å². The van der Waals surface area contributed by atoms with Gasteiger partial charge in [0, 0.05) is 22.5 Å². The van der Waals surface area contributed by atoms with Crippen LogP contribution in [0.1, 0.15) is 16.7 Å². The van der Waals surface area contributed by atoms with E-state index in [1.165, 1.54) is 0 Å². The van der Waals surface area contributed by atoms with E-state index in [4.69, 9.17) is 20.9 Å². The van der Waals surface area contributed by atoms with Crippen molar-refractivity contribution in [2.24, 2.45) is 0 Å². The Kier molecular flexibility index (Phi) is 4.53. The lowest BCUT2D eigenvalue weighted by Gasteiger charge is -2.33. The van der Waals surface area contributed by atoms with E-state index in [-0.39, 0.29) is 6.61 Å². The van der Waals surface area contributed by atoms with Crippen molar-refractivity contribution < 1.29 is 14.6 Å². The number of benzene rings is 4. The molecule has 0 aliphatic heterocycles. The number of nitrogen functional groups attached to an aromatic ring is 2. The van der Waals surface area contributed by atoms with E-state index in [9.17, 15) is 5.11 Å². The van der Waals surface area contributed by atoms with Gasteiger partial charge in [0.1, 0.15) is 11.5 Å². The Balaban J connectivity index is 1.75. The average Bonchev–Trinajstić information content (AvgIpc) is 3.07. The van der Waals surface area contributed by atoms with Crippen molar-refractivity contribution in [1.82, 2.24) is 0 Å². The maximum Gasteiger partial charge on any atom is 0.306 e. The third-order valence-electron chi connectivity index (χ3n) is 5.51. The van der Waals surface area contributed by atoms with Crippen molar-refractivity contribution in [2.75, 3.05) is 11.5 Å². The highest BCUT2D eigenvalue weighted by molar-refractivity contribution is 5.82. The molecule has 154 valence electrons. The van der Waals surface area contributed by atoms with Crippen molar-refractivity contribution in [3.05, 3.63) is 108 Å². The van der Waals surface area contributed by atoms with Gasteiger partial charge >= 0.3 is 5.79 Å². The molecular weight excluding hydrogens is 388 g/mol. The lowest BCUT2D eigenvalue weighted by atomic mass is 9.99. The van der Waals surface area contributed by atoms with Crippen LogP contribution in [0.15, 0.2) is 91.0 Å². The average molecular weight is 410 g/mol. The van der Waals surface area contributed by atoms with E-state index in [1.54, 1.807) is 24.3 Å². The molecule has 0 fully saturated rings. The Morgan fingerprint density at radius 3 is 1.77 bits per heavy atom. The Morgan fingerprint density at radius 1 is 0.645 bits per heavy atom. The molecule has 0 spiro atoms. The second-order valence-corrected chi connectivity index (χ2v) is 7.50. The topological polar surface area (TPSA) is 90.7 Å². The van der Waals surface area contributed by atoms with Crippen LogP contribution >= 0.6 is 0 Å². The summed E-state index contributed by atoms with van der Waals surface area (Å²) in [6.45, 7) is -0.0860. The summed E-state index contributed by atoms with van der Waals surface area (Å²) in [7, 11) is 0. The number of aliphatic hydroxyl groups excluding tert-OH is 1. The molecule has 31 heavy (non-hydrogen) atoms. The van der Waals surface area contributed by atoms with Crippen LogP contribution in [0.3, 0.4) is 0 Å². The Morgan fingerprint density at radius 2 is 1.19 bits per heavy atom. The molecule has 0 saturated heterocycles. The van der Waals surface area contributed by atoms with E-state index in [2.05, 4.69) is 0 Å². The van der Waals surface area contributed by atoms with Crippen LogP contribution in [0.5, 0.6) is 11.5 Å². The summed E-state index contributed by atoms with van der Waals surface area (Å²) in [5.74, 6) is -0.0213. The van der Waals surface area contributed by atoms with E-state index < -0.39 is 5.79 Å². The molecular formula is C26H22N2O3. The van der Waals surface area contributed by atoms with Gasteiger partial charge < -0.3 is 26.0 Å². The molecule has 5 nitrogen and oxygen atoms in total. The zero-order valence-corrected chi connectivity index (χ0v) is 16.8. The highest BCUT2D eigenvalue weighted by atomic mass is 16.7. The van der Waals surface area contributed by atoms with E-state index in [0.29, 0.717) is 22.9 Å². The summed E-state index contributed by atoms with van der Waals surface area (Å²) in [4.78, 5) is 0. The van der Waals surface area contributed by atoms with Gasteiger partial charge in [-0.05, 0) is 65.2 Å². The van der Waals surface area contributed by atoms with Gasteiger partial charge in [0.15, 0.2) is 0 Å². The van der Waals surface area contributed by atoms with Gasteiger partial charge in [0.05, 0.1) is 6.61 Å². The van der Waals surface area contributed by atoms with Crippen LogP contribution in [0.4, 0.5) is 11.4 Å². The van der Waals surface area contributed by atoms with Gasteiger partial charge in [-0.1, -0.05) is 42.5 Å². The Labute approximate surface area is 180 Å². The summed E-state index contributed by atoms with van der Waals surface area (Å²) in [6, 6.07) is 28.2. The molecule has 0 unspecified atom stereocenters. The first-order chi connectivity index (χ1) is 15.1. The number of hydrogen-bond acceptors (Lipinski definition) is 5. The number of rotatable bonds is 5. The third-order valence-corrected chi connectivity index (χ3v) is 5.51. The summed E-state index contributed by atoms with van der Waals surface area (Å²) in [5.41, 5.74) is 17.4. The summed E-state index contributed by atoms with van der Waals surface area (Å²) < 4.78 is 13.2. The standard InChI is InChI=1S/C26H22N2O3/c27-18-8-12-20(13-9-18)30-26(31-21-14-10-19(28)11-15-21)23-6-2-1-5-22(23)25-17(16-29)4-3-7-24(25)26/h1-15,29H,16,27-28H2. The molecule has 0 amide bonds.